The Balaban J connectivity index is 5.55. The molecule has 0 aliphatic heterocycles. The predicted octanol–water partition coefficient (Wildman–Crippen LogP) is -0.571. The van der Waals surface area contributed by atoms with E-state index >= 15 is 0 Å². The Morgan fingerprint density at radius 3 is 1.61 bits per heavy atom. The average Bonchev–Trinajstić information content (AvgIpc) is 2.37. The minimum absolute atomic E-state index is 0.585. The number of hydrogen-bond donors (Lipinski definition) is 1. The normalized spacial score (nSPS) is 13.9. The second kappa shape index (κ2) is 9.38. The number of carbonyl (C=O) groups is 5. The number of carbonyl (C=O) groups excluding carboxylic acids is 4. The zero-order valence-electron chi connectivity index (χ0n) is 13.1. The molecule has 23 heavy (non-hydrogen) atoms. The van der Waals surface area contributed by atoms with Gasteiger partial charge in [0.1, 0.15) is 6.61 Å². The van der Waals surface area contributed by atoms with Gasteiger partial charge in [0.2, 0.25) is 6.10 Å². The molecule has 10 heteroatoms. The van der Waals surface area contributed by atoms with Gasteiger partial charge in [-0.15, -0.1) is 0 Å². The van der Waals surface area contributed by atoms with E-state index in [-0.39, 0.29) is 0 Å². The summed E-state index contributed by atoms with van der Waals surface area (Å²) in [5.74, 6) is -5.07. The van der Waals surface area contributed by atoms with Gasteiger partial charge in [0.25, 0.3) is 0 Å². The molecule has 0 amide bonds. The Bertz CT molecular complexity index is 483. The number of esters is 4. The van der Waals surface area contributed by atoms with E-state index in [0.717, 1.165) is 27.7 Å². The molecule has 3 unspecified atom stereocenters. The number of rotatable bonds is 8. The fraction of sp³-hybridized carbons (Fsp3) is 0.615. The lowest BCUT2D eigenvalue weighted by atomic mass is 10.1. The maximum atomic E-state index is 11.3. The maximum absolute atomic E-state index is 11.3. The van der Waals surface area contributed by atoms with E-state index in [9.17, 15) is 24.0 Å². The van der Waals surface area contributed by atoms with Gasteiger partial charge in [-0.25, -0.2) is 4.79 Å². The highest BCUT2D eigenvalue weighted by Crippen LogP contribution is 2.15. The number of aliphatic carboxylic acids is 1. The minimum atomic E-state index is -1.95. The van der Waals surface area contributed by atoms with Crippen LogP contribution in [0.4, 0.5) is 0 Å². The smallest absolute Gasteiger partial charge is 0.349 e. The molecule has 0 aliphatic carbocycles. The van der Waals surface area contributed by atoms with Crippen molar-refractivity contribution in [2.24, 2.45) is 0 Å². The summed E-state index contributed by atoms with van der Waals surface area (Å²) in [5.41, 5.74) is 0. The molecule has 0 aromatic heterocycles. The van der Waals surface area contributed by atoms with Gasteiger partial charge in [0, 0.05) is 27.7 Å². The van der Waals surface area contributed by atoms with Crippen LogP contribution in [0.5, 0.6) is 0 Å². The number of ether oxygens (including phenoxy) is 4. The maximum Gasteiger partial charge on any atom is 0.349 e. The molecule has 0 heterocycles. The molecule has 0 bridgehead atoms. The average molecular weight is 334 g/mol. The first-order valence-electron chi connectivity index (χ1n) is 6.42. The van der Waals surface area contributed by atoms with Crippen LogP contribution < -0.4 is 0 Å². The summed E-state index contributed by atoms with van der Waals surface area (Å²) in [6, 6.07) is 0. The van der Waals surface area contributed by atoms with Crippen LogP contribution in [0.2, 0.25) is 0 Å². The highest BCUT2D eigenvalue weighted by molar-refractivity contribution is 5.78. The quantitative estimate of drug-likeness (QED) is 0.452. The van der Waals surface area contributed by atoms with Crippen molar-refractivity contribution in [3.05, 3.63) is 0 Å². The lowest BCUT2D eigenvalue weighted by Crippen LogP contribution is -2.50. The van der Waals surface area contributed by atoms with Crippen molar-refractivity contribution in [3.8, 4) is 0 Å². The van der Waals surface area contributed by atoms with Crippen molar-refractivity contribution in [1.82, 2.24) is 0 Å². The first kappa shape index (κ1) is 20.3. The van der Waals surface area contributed by atoms with Gasteiger partial charge in [-0.2, -0.15) is 0 Å². The van der Waals surface area contributed by atoms with Crippen LogP contribution in [0.1, 0.15) is 27.7 Å². The van der Waals surface area contributed by atoms with Gasteiger partial charge in [-0.05, 0) is 0 Å². The molecule has 0 rings (SSSR count). The summed E-state index contributed by atoms with van der Waals surface area (Å²) in [7, 11) is 0. The Labute approximate surface area is 131 Å². The molecular formula is C13H18O10. The van der Waals surface area contributed by atoms with Crippen molar-refractivity contribution in [3.63, 3.8) is 0 Å². The molecule has 0 spiro atoms. The number of carboxylic acid groups (broad SMARTS) is 1. The van der Waals surface area contributed by atoms with E-state index in [2.05, 4.69) is 9.47 Å². The number of carboxylic acids is 1. The largest absolute Gasteiger partial charge is 0.478 e. The van der Waals surface area contributed by atoms with Crippen molar-refractivity contribution < 1.29 is 48.0 Å². The van der Waals surface area contributed by atoms with Crippen LogP contribution in [0.25, 0.3) is 0 Å². The standard InChI is InChI=1S/C13H18O10/c1-6(14)20-5-10(21-7(2)15)11(22-8(3)16)12(13(18)19)23-9(4)17/h10-12H,5H2,1-4H3,(H,18,19). The van der Waals surface area contributed by atoms with Crippen molar-refractivity contribution in [1.29, 1.82) is 0 Å². The third-order valence-corrected chi connectivity index (χ3v) is 2.27. The molecule has 10 nitrogen and oxygen atoms in total. The third kappa shape index (κ3) is 8.39. The van der Waals surface area contributed by atoms with Gasteiger partial charge in [0.15, 0.2) is 12.2 Å². The second-order valence-corrected chi connectivity index (χ2v) is 4.39. The summed E-state index contributed by atoms with van der Waals surface area (Å²) in [6.45, 7) is 3.45. The van der Waals surface area contributed by atoms with Gasteiger partial charge < -0.3 is 24.1 Å². The first-order valence-corrected chi connectivity index (χ1v) is 6.42. The van der Waals surface area contributed by atoms with Crippen LogP contribution in [-0.4, -0.2) is 59.9 Å². The monoisotopic (exact) mass is 334 g/mol. The van der Waals surface area contributed by atoms with Crippen LogP contribution in [-0.2, 0) is 42.9 Å². The lowest BCUT2D eigenvalue weighted by molar-refractivity contribution is -0.195. The van der Waals surface area contributed by atoms with Gasteiger partial charge in [-0.3, -0.25) is 19.2 Å². The molecule has 1 N–H and O–H groups in total. The molecule has 0 aliphatic rings. The second-order valence-electron chi connectivity index (χ2n) is 4.39. The van der Waals surface area contributed by atoms with Gasteiger partial charge in [0.05, 0.1) is 0 Å². The van der Waals surface area contributed by atoms with E-state index in [1.807, 2.05) is 0 Å². The third-order valence-electron chi connectivity index (χ3n) is 2.27. The Morgan fingerprint density at radius 1 is 0.783 bits per heavy atom. The molecular weight excluding hydrogens is 316 g/mol. The highest BCUT2D eigenvalue weighted by atomic mass is 16.6. The molecule has 0 aromatic rings. The van der Waals surface area contributed by atoms with Crippen molar-refractivity contribution in [2.45, 2.75) is 46.0 Å². The van der Waals surface area contributed by atoms with Crippen LogP contribution >= 0.6 is 0 Å². The lowest BCUT2D eigenvalue weighted by Gasteiger charge is -2.29. The van der Waals surface area contributed by atoms with Crippen LogP contribution in [0, 0.1) is 0 Å². The summed E-state index contributed by atoms with van der Waals surface area (Å²) >= 11 is 0. The Kier molecular flexibility index (Phi) is 8.30. The van der Waals surface area contributed by atoms with Crippen molar-refractivity contribution >= 4 is 29.8 Å². The fourth-order valence-corrected chi connectivity index (χ4v) is 1.57. The van der Waals surface area contributed by atoms with E-state index in [1.54, 1.807) is 0 Å². The zero-order chi connectivity index (χ0) is 18.2. The van der Waals surface area contributed by atoms with Gasteiger partial charge in [-0.1, -0.05) is 0 Å². The van der Waals surface area contributed by atoms with Crippen LogP contribution in [0.15, 0.2) is 0 Å². The molecule has 0 radical (unpaired) electrons. The van der Waals surface area contributed by atoms with Crippen molar-refractivity contribution in [2.75, 3.05) is 6.61 Å². The van der Waals surface area contributed by atoms with Crippen LogP contribution in [0.3, 0.4) is 0 Å². The Morgan fingerprint density at radius 2 is 1.26 bits per heavy atom. The molecule has 130 valence electrons. The summed E-state index contributed by atoms with van der Waals surface area (Å²) in [6.07, 6.45) is -5.12. The molecule has 0 fully saturated rings. The number of hydrogen-bond acceptors (Lipinski definition) is 9. The summed E-state index contributed by atoms with van der Waals surface area (Å²) in [5, 5.41) is 9.15. The highest BCUT2D eigenvalue weighted by Gasteiger charge is 2.42. The predicted molar refractivity (Wildman–Crippen MR) is 70.9 cm³/mol. The minimum Gasteiger partial charge on any atom is -0.478 e. The fourth-order valence-electron chi connectivity index (χ4n) is 1.57. The Hall–Kier alpha value is -2.65. The van der Waals surface area contributed by atoms with E-state index < -0.39 is 54.8 Å². The molecule has 0 saturated heterocycles. The zero-order valence-corrected chi connectivity index (χ0v) is 13.1. The summed E-state index contributed by atoms with van der Waals surface area (Å²) in [4.78, 5) is 55.5. The van der Waals surface area contributed by atoms with E-state index in [1.165, 1.54) is 0 Å². The summed E-state index contributed by atoms with van der Waals surface area (Å²) < 4.78 is 18.9. The van der Waals surface area contributed by atoms with E-state index in [0.29, 0.717) is 0 Å². The first-order chi connectivity index (χ1) is 10.5. The molecule has 0 aromatic carbocycles. The molecule has 3 atom stereocenters. The SMILES string of the molecule is CC(=O)OCC(OC(C)=O)C(OC(C)=O)C(OC(C)=O)C(=O)O. The van der Waals surface area contributed by atoms with Gasteiger partial charge >= 0.3 is 29.8 Å². The van der Waals surface area contributed by atoms with E-state index in [4.69, 9.17) is 14.6 Å². The topological polar surface area (TPSA) is 142 Å². The molecule has 0 saturated carbocycles.